The Morgan fingerprint density at radius 3 is 2.55 bits per heavy atom. The van der Waals surface area contributed by atoms with Crippen LogP contribution in [-0.2, 0) is 0 Å². The largest absolute Gasteiger partial charge is 0.451 e. The van der Waals surface area contributed by atoms with Crippen LogP contribution in [0, 0.1) is 0 Å². The second kappa shape index (κ2) is 5.83. The lowest BCUT2D eigenvalue weighted by Gasteiger charge is -2.25. The Morgan fingerprint density at radius 2 is 1.80 bits per heavy atom. The minimum Gasteiger partial charge on any atom is -0.451 e. The zero-order chi connectivity index (χ0) is 13.9. The van der Waals surface area contributed by atoms with Crippen molar-refractivity contribution < 1.29 is 9.21 Å². The molecule has 0 aliphatic carbocycles. The summed E-state index contributed by atoms with van der Waals surface area (Å²) < 4.78 is 6.71. The van der Waals surface area contributed by atoms with Gasteiger partial charge in [-0.15, -0.1) is 0 Å². The van der Waals surface area contributed by atoms with Gasteiger partial charge in [-0.1, -0.05) is 34.1 Å². The third-order valence-corrected chi connectivity index (χ3v) is 4.29. The summed E-state index contributed by atoms with van der Waals surface area (Å²) in [6.45, 7) is 1.67. The summed E-state index contributed by atoms with van der Waals surface area (Å²) >= 11 is 3.50. The average Bonchev–Trinajstić information content (AvgIpc) is 2.97. The van der Waals surface area contributed by atoms with E-state index < -0.39 is 0 Å². The molecule has 0 N–H and O–H groups in total. The van der Waals surface area contributed by atoms with Crippen LogP contribution in [0.25, 0.3) is 11.3 Å². The van der Waals surface area contributed by atoms with E-state index in [9.17, 15) is 4.79 Å². The van der Waals surface area contributed by atoms with Crippen molar-refractivity contribution in [3.63, 3.8) is 0 Å². The minimum absolute atomic E-state index is 0.00278. The van der Waals surface area contributed by atoms with E-state index >= 15 is 0 Å². The standard InChI is InChI=1S/C16H16BrNO2/c17-13-7-3-2-6-12(13)14-8-9-15(20-14)16(19)18-10-4-1-5-11-18/h2-3,6-9H,1,4-5,10-11H2. The number of halogens is 1. The first kappa shape index (κ1) is 13.4. The molecule has 1 fully saturated rings. The van der Waals surface area contributed by atoms with Crippen LogP contribution < -0.4 is 0 Å². The quantitative estimate of drug-likeness (QED) is 0.819. The molecule has 2 heterocycles. The predicted octanol–water partition coefficient (Wildman–Crippen LogP) is 4.34. The van der Waals surface area contributed by atoms with Crippen LogP contribution in [-0.4, -0.2) is 23.9 Å². The molecule has 1 aromatic carbocycles. The topological polar surface area (TPSA) is 33.5 Å². The van der Waals surface area contributed by atoms with Gasteiger partial charge in [-0.3, -0.25) is 4.79 Å². The van der Waals surface area contributed by atoms with Crippen LogP contribution >= 0.6 is 15.9 Å². The zero-order valence-corrected chi connectivity index (χ0v) is 12.7. The Balaban J connectivity index is 1.83. The maximum atomic E-state index is 12.3. The monoisotopic (exact) mass is 333 g/mol. The summed E-state index contributed by atoms with van der Waals surface area (Å²) in [7, 11) is 0. The molecule has 20 heavy (non-hydrogen) atoms. The van der Waals surface area contributed by atoms with E-state index in [1.54, 1.807) is 6.07 Å². The van der Waals surface area contributed by atoms with Crippen LogP contribution in [0.15, 0.2) is 45.3 Å². The number of furan rings is 1. The Morgan fingerprint density at radius 1 is 1.05 bits per heavy atom. The lowest BCUT2D eigenvalue weighted by molar-refractivity contribution is 0.0693. The molecule has 1 amide bonds. The molecule has 0 radical (unpaired) electrons. The maximum Gasteiger partial charge on any atom is 0.289 e. The van der Waals surface area contributed by atoms with Crippen molar-refractivity contribution in [1.82, 2.24) is 4.90 Å². The van der Waals surface area contributed by atoms with Crippen molar-refractivity contribution in [2.24, 2.45) is 0 Å². The molecular weight excluding hydrogens is 318 g/mol. The first-order chi connectivity index (χ1) is 9.75. The van der Waals surface area contributed by atoms with Gasteiger partial charge in [0, 0.05) is 23.1 Å². The van der Waals surface area contributed by atoms with E-state index in [4.69, 9.17) is 4.42 Å². The van der Waals surface area contributed by atoms with Crippen LogP contribution in [0.1, 0.15) is 29.8 Å². The van der Waals surface area contributed by atoms with Crippen molar-refractivity contribution in [3.05, 3.63) is 46.6 Å². The van der Waals surface area contributed by atoms with Crippen molar-refractivity contribution in [2.75, 3.05) is 13.1 Å². The number of likely N-dealkylation sites (tertiary alicyclic amines) is 1. The van der Waals surface area contributed by atoms with Crippen molar-refractivity contribution in [1.29, 1.82) is 0 Å². The van der Waals surface area contributed by atoms with Gasteiger partial charge in [0.25, 0.3) is 5.91 Å². The van der Waals surface area contributed by atoms with Crippen LogP contribution in [0.4, 0.5) is 0 Å². The highest BCUT2D eigenvalue weighted by Gasteiger charge is 2.21. The van der Waals surface area contributed by atoms with Gasteiger partial charge in [0.15, 0.2) is 5.76 Å². The molecule has 1 aliphatic rings. The highest BCUT2D eigenvalue weighted by molar-refractivity contribution is 9.10. The van der Waals surface area contributed by atoms with E-state index in [2.05, 4.69) is 15.9 Å². The molecule has 1 saturated heterocycles. The Hall–Kier alpha value is -1.55. The average molecular weight is 334 g/mol. The molecule has 3 rings (SSSR count). The molecule has 104 valence electrons. The van der Waals surface area contributed by atoms with E-state index in [0.29, 0.717) is 5.76 Å². The third kappa shape index (κ3) is 2.66. The minimum atomic E-state index is 0.00278. The fraction of sp³-hybridized carbons (Fsp3) is 0.312. The molecule has 0 atom stereocenters. The SMILES string of the molecule is O=C(c1ccc(-c2ccccc2Br)o1)N1CCCCC1. The smallest absolute Gasteiger partial charge is 0.289 e. The summed E-state index contributed by atoms with van der Waals surface area (Å²) in [5.41, 5.74) is 0.963. The fourth-order valence-electron chi connectivity index (χ4n) is 2.51. The van der Waals surface area contributed by atoms with E-state index in [0.717, 1.165) is 41.7 Å². The summed E-state index contributed by atoms with van der Waals surface area (Å²) in [6, 6.07) is 11.5. The number of benzene rings is 1. The number of nitrogens with zero attached hydrogens (tertiary/aromatic N) is 1. The molecule has 0 bridgehead atoms. The number of carbonyl (C=O) groups excluding carboxylic acids is 1. The van der Waals surface area contributed by atoms with E-state index in [-0.39, 0.29) is 5.91 Å². The number of rotatable bonds is 2. The molecule has 0 spiro atoms. The summed E-state index contributed by atoms with van der Waals surface area (Å²) in [6.07, 6.45) is 3.39. The van der Waals surface area contributed by atoms with Crippen molar-refractivity contribution in [3.8, 4) is 11.3 Å². The number of piperidine rings is 1. The Kier molecular flexibility index (Phi) is 3.92. The molecule has 0 unspecified atom stereocenters. The van der Waals surface area contributed by atoms with Gasteiger partial charge in [-0.05, 0) is 37.5 Å². The lowest BCUT2D eigenvalue weighted by atomic mass is 10.1. The summed E-state index contributed by atoms with van der Waals surface area (Å²) in [5.74, 6) is 1.15. The maximum absolute atomic E-state index is 12.3. The first-order valence-corrected chi connectivity index (χ1v) is 7.69. The second-order valence-corrected chi connectivity index (χ2v) is 5.85. The normalized spacial score (nSPS) is 15.3. The van der Waals surface area contributed by atoms with Gasteiger partial charge in [0.05, 0.1) is 0 Å². The Labute approximate surface area is 126 Å². The van der Waals surface area contributed by atoms with Crippen molar-refractivity contribution >= 4 is 21.8 Å². The third-order valence-electron chi connectivity index (χ3n) is 3.60. The number of carbonyl (C=O) groups is 1. The first-order valence-electron chi connectivity index (χ1n) is 6.90. The molecule has 0 saturated carbocycles. The number of hydrogen-bond acceptors (Lipinski definition) is 2. The van der Waals surface area contributed by atoms with Crippen LogP contribution in [0.3, 0.4) is 0 Å². The van der Waals surface area contributed by atoms with Gasteiger partial charge in [-0.2, -0.15) is 0 Å². The molecule has 2 aromatic rings. The van der Waals surface area contributed by atoms with Crippen molar-refractivity contribution in [2.45, 2.75) is 19.3 Å². The van der Waals surface area contributed by atoms with Gasteiger partial charge in [0.2, 0.25) is 0 Å². The lowest BCUT2D eigenvalue weighted by Crippen LogP contribution is -2.35. The van der Waals surface area contributed by atoms with E-state index in [1.165, 1.54) is 6.42 Å². The molecular formula is C16H16BrNO2. The van der Waals surface area contributed by atoms with Gasteiger partial charge in [-0.25, -0.2) is 0 Å². The number of amides is 1. The van der Waals surface area contributed by atoms with Crippen LogP contribution in [0.2, 0.25) is 0 Å². The molecule has 3 nitrogen and oxygen atoms in total. The fourth-order valence-corrected chi connectivity index (χ4v) is 2.99. The summed E-state index contributed by atoms with van der Waals surface area (Å²) in [5, 5.41) is 0. The summed E-state index contributed by atoms with van der Waals surface area (Å²) in [4.78, 5) is 14.2. The van der Waals surface area contributed by atoms with Gasteiger partial charge in [0.1, 0.15) is 5.76 Å². The van der Waals surface area contributed by atoms with Crippen LogP contribution in [0.5, 0.6) is 0 Å². The van der Waals surface area contributed by atoms with Gasteiger partial charge >= 0.3 is 0 Å². The zero-order valence-electron chi connectivity index (χ0n) is 11.1. The molecule has 1 aromatic heterocycles. The second-order valence-electron chi connectivity index (χ2n) is 5.00. The number of hydrogen-bond donors (Lipinski definition) is 0. The molecule has 4 heteroatoms. The predicted molar refractivity (Wildman–Crippen MR) is 81.6 cm³/mol. The van der Waals surface area contributed by atoms with Gasteiger partial charge < -0.3 is 9.32 Å². The molecule has 1 aliphatic heterocycles. The van der Waals surface area contributed by atoms with E-state index in [1.807, 2.05) is 35.2 Å². The highest BCUT2D eigenvalue weighted by Crippen LogP contribution is 2.29. The highest BCUT2D eigenvalue weighted by atomic mass is 79.9. The Bertz CT molecular complexity index is 614.